The molecule has 14 heavy (non-hydrogen) atoms. The Morgan fingerprint density at radius 1 is 1.50 bits per heavy atom. The fourth-order valence-electron chi connectivity index (χ4n) is 2.90. The Kier molecular flexibility index (Phi) is 1.97. The van der Waals surface area contributed by atoms with Crippen molar-refractivity contribution >= 4 is 0 Å². The van der Waals surface area contributed by atoms with Crippen LogP contribution < -0.4 is 0 Å². The Hall–Kier alpha value is -0.820. The Morgan fingerprint density at radius 3 is 2.79 bits per heavy atom. The molecule has 0 aliphatic heterocycles. The van der Waals surface area contributed by atoms with Gasteiger partial charge in [0.25, 0.3) is 0 Å². The molecule has 1 N–H and O–H groups in total. The first kappa shape index (κ1) is 9.72. The molecule has 1 heteroatoms. The SMILES string of the molecule is C=CC1=CC2(O)CCC1(C)CC2C=C. The van der Waals surface area contributed by atoms with E-state index in [1.54, 1.807) is 0 Å². The van der Waals surface area contributed by atoms with Gasteiger partial charge in [0.1, 0.15) is 0 Å². The standard InChI is InChI=1S/C13H18O/c1-4-10-9-13(14)7-6-12(10,3)8-11(13)5-2/h4-5,9,11,14H,1-2,6-8H2,3H3. The molecular formula is C13H18O. The lowest BCUT2D eigenvalue weighted by molar-refractivity contribution is -0.0324. The highest BCUT2D eigenvalue weighted by Gasteiger charge is 2.49. The summed E-state index contributed by atoms with van der Waals surface area (Å²) < 4.78 is 0. The van der Waals surface area contributed by atoms with Crippen LogP contribution in [0.4, 0.5) is 0 Å². The van der Waals surface area contributed by atoms with Crippen molar-refractivity contribution in [3.05, 3.63) is 37.0 Å². The number of rotatable bonds is 2. The first-order valence-electron chi connectivity index (χ1n) is 5.25. The Bertz CT molecular complexity index is 315. The highest BCUT2D eigenvalue weighted by molar-refractivity contribution is 5.36. The molecule has 3 rings (SSSR count). The van der Waals surface area contributed by atoms with Crippen LogP contribution in [-0.2, 0) is 0 Å². The second-order valence-electron chi connectivity index (χ2n) is 4.90. The number of hydrogen-bond donors (Lipinski definition) is 1. The summed E-state index contributed by atoms with van der Waals surface area (Å²) in [5.41, 5.74) is 0.776. The number of fused-ring (bicyclic) bond motifs is 2. The molecule has 0 amide bonds. The van der Waals surface area contributed by atoms with Crippen molar-refractivity contribution in [3.63, 3.8) is 0 Å². The molecule has 0 saturated heterocycles. The molecule has 1 saturated carbocycles. The van der Waals surface area contributed by atoms with Crippen LogP contribution in [0.25, 0.3) is 0 Å². The van der Waals surface area contributed by atoms with E-state index in [0.717, 1.165) is 19.3 Å². The Balaban J connectivity index is 2.48. The summed E-state index contributed by atoms with van der Waals surface area (Å²) >= 11 is 0. The molecule has 0 aromatic heterocycles. The molecule has 0 aromatic carbocycles. The molecule has 0 spiro atoms. The van der Waals surface area contributed by atoms with Crippen molar-refractivity contribution < 1.29 is 5.11 Å². The topological polar surface area (TPSA) is 20.2 Å². The minimum absolute atomic E-state index is 0.213. The first-order chi connectivity index (χ1) is 6.54. The second kappa shape index (κ2) is 2.83. The fourth-order valence-corrected chi connectivity index (χ4v) is 2.90. The molecule has 3 aliphatic rings. The zero-order valence-corrected chi connectivity index (χ0v) is 8.79. The fraction of sp³-hybridized carbons (Fsp3) is 0.538. The van der Waals surface area contributed by atoms with Gasteiger partial charge in [0.05, 0.1) is 5.60 Å². The van der Waals surface area contributed by atoms with Crippen LogP contribution in [0.3, 0.4) is 0 Å². The summed E-state index contributed by atoms with van der Waals surface area (Å²) in [4.78, 5) is 0. The van der Waals surface area contributed by atoms with E-state index >= 15 is 0 Å². The molecule has 0 heterocycles. The lowest BCUT2D eigenvalue weighted by Gasteiger charge is -2.51. The number of allylic oxidation sites excluding steroid dienone is 2. The maximum atomic E-state index is 10.4. The van der Waals surface area contributed by atoms with Gasteiger partial charge in [-0.3, -0.25) is 0 Å². The van der Waals surface area contributed by atoms with Gasteiger partial charge >= 0.3 is 0 Å². The van der Waals surface area contributed by atoms with Crippen molar-refractivity contribution in [2.75, 3.05) is 0 Å². The predicted molar refractivity (Wildman–Crippen MR) is 58.9 cm³/mol. The van der Waals surface area contributed by atoms with Gasteiger partial charge < -0.3 is 5.11 Å². The summed E-state index contributed by atoms with van der Waals surface area (Å²) in [6, 6.07) is 0. The summed E-state index contributed by atoms with van der Waals surface area (Å²) in [6.45, 7) is 9.90. The summed E-state index contributed by atoms with van der Waals surface area (Å²) in [5.74, 6) is 0.213. The third kappa shape index (κ3) is 1.12. The van der Waals surface area contributed by atoms with Crippen LogP contribution in [0.2, 0.25) is 0 Å². The second-order valence-corrected chi connectivity index (χ2v) is 4.90. The minimum Gasteiger partial charge on any atom is -0.385 e. The molecule has 2 bridgehead atoms. The van der Waals surface area contributed by atoms with E-state index in [1.807, 2.05) is 18.2 Å². The third-order valence-electron chi connectivity index (χ3n) is 4.00. The highest BCUT2D eigenvalue weighted by atomic mass is 16.3. The lowest BCUT2D eigenvalue weighted by Crippen LogP contribution is -2.49. The van der Waals surface area contributed by atoms with E-state index in [-0.39, 0.29) is 11.3 Å². The molecule has 1 fully saturated rings. The maximum absolute atomic E-state index is 10.4. The Morgan fingerprint density at radius 2 is 2.21 bits per heavy atom. The molecule has 76 valence electrons. The van der Waals surface area contributed by atoms with Crippen LogP contribution in [0.5, 0.6) is 0 Å². The van der Waals surface area contributed by atoms with Crippen molar-refractivity contribution in [1.82, 2.24) is 0 Å². The van der Waals surface area contributed by atoms with E-state index in [1.165, 1.54) is 5.57 Å². The lowest BCUT2D eigenvalue weighted by atomic mass is 9.55. The number of aliphatic hydroxyl groups is 1. The summed E-state index contributed by atoms with van der Waals surface area (Å²) in [6.07, 6.45) is 8.71. The minimum atomic E-state index is -0.650. The van der Waals surface area contributed by atoms with E-state index in [2.05, 4.69) is 20.1 Å². The predicted octanol–water partition coefficient (Wildman–Crippen LogP) is 2.84. The van der Waals surface area contributed by atoms with Gasteiger partial charge in [0, 0.05) is 5.92 Å². The van der Waals surface area contributed by atoms with Crippen LogP contribution in [0, 0.1) is 11.3 Å². The number of hydrogen-bond acceptors (Lipinski definition) is 1. The van der Waals surface area contributed by atoms with Gasteiger partial charge in [-0.05, 0) is 36.3 Å². The van der Waals surface area contributed by atoms with Crippen LogP contribution in [-0.4, -0.2) is 10.7 Å². The van der Waals surface area contributed by atoms with E-state index < -0.39 is 5.60 Å². The zero-order valence-electron chi connectivity index (χ0n) is 8.79. The average molecular weight is 190 g/mol. The summed E-state index contributed by atoms with van der Waals surface area (Å²) in [7, 11) is 0. The van der Waals surface area contributed by atoms with Gasteiger partial charge in [-0.15, -0.1) is 6.58 Å². The van der Waals surface area contributed by atoms with E-state index in [9.17, 15) is 5.11 Å². The van der Waals surface area contributed by atoms with Crippen LogP contribution >= 0.6 is 0 Å². The monoisotopic (exact) mass is 190 g/mol. The van der Waals surface area contributed by atoms with Gasteiger partial charge in [0.2, 0.25) is 0 Å². The van der Waals surface area contributed by atoms with E-state index in [0.29, 0.717) is 0 Å². The van der Waals surface area contributed by atoms with Crippen molar-refractivity contribution in [3.8, 4) is 0 Å². The molecule has 3 aliphatic carbocycles. The highest BCUT2D eigenvalue weighted by Crippen LogP contribution is 2.54. The van der Waals surface area contributed by atoms with Gasteiger partial charge in [-0.1, -0.05) is 25.7 Å². The molecule has 0 aromatic rings. The zero-order chi connectivity index (χ0) is 10.4. The smallest absolute Gasteiger partial charge is 0.0896 e. The first-order valence-corrected chi connectivity index (χ1v) is 5.25. The molecule has 1 nitrogen and oxygen atoms in total. The maximum Gasteiger partial charge on any atom is 0.0896 e. The molecule has 0 radical (unpaired) electrons. The Labute approximate surface area is 85.8 Å². The normalized spacial score (nSPS) is 45.9. The van der Waals surface area contributed by atoms with Crippen LogP contribution in [0.1, 0.15) is 26.2 Å². The summed E-state index contributed by atoms with van der Waals surface area (Å²) in [5, 5.41) is 10.4. The van der Waals surface area contributed by atoms with Gasteiger partial charge in [0.15, 0.2) is 0 Å². The van der Waals surface area contributed by atoms with E-state index in [4.69, 9.17) is 0 Å². The van der Waals surface area contributed by atoms with Crippen LogP contribution in [0.15, 0.2) is 37.0 Å². The van der Waals surface area contributed by atoms with Crippen molar-refractivity contribution in [2.45, 2.75) is 31.8 Å². The van der Waals surface area contributed by atoms with Gasteiger partial charge in [-0.2, -0.15) is 0 Å². The molecule has 3 unspecified atom stereocenters. The van der Waals surface area contributed by atoms with Crippen molar-refractivity contribution in [2.24, 2.45) is 11.3 Å². The molecular weight excluding hydrogens is 172 g/mol. The largest absolute Gasteiger partial charge is 0.385 e. The average Bonchev–Trinajstić information content (AvgIpc) is 2.18. The third-order valence-corrected chi connectivity index (χ3v) is 4.00. The van der Waals surface area contributed by atoms with Gasteiger partial charge in [-0.25, -0.2) is 0 Å². The van der Waals surface area contributed by atoms with Crippen molar-refractivity contribution in [1.29, 1.82) is 0 Å². The molecule has 3 atom stereocenters. The quantitative estimate of drug-likeness (QED) is 0.664.